The van der Waals surface area contributed by atoms with Gasteiger partial charge in [0.15, 0.2) is 0 Å². The minimum absolute atomic E-state index is 0.415. The average molecular weight is 456 g/mol. The fourth-order valence-corrected chi connectivity index (χ4v) is 5.13. The second-order valence-electron chi connectivity index (χ2n) is 10.4. The lowest BCUT2D eigenvalue weighted by atomic mass is 9.71. The molecule has 0 aliphatic carbocycles. The summed E-state index contributed by atoms with van der Waals surface area (Å²) in [5, 5.41) is 4.85. The molecule has 0 amide bonds. The molecule has 1 aliphatic rings. The van der Waals surface area contributed by atoms with Gasteiger partial charge in [0.1, 0.15) is 0 Å². The lowest BCUT2D eigenvalue weighted by Crippen LogP contribution is -2.41. The van der Waals surface area contributed by atoms with E-state index in [0.717, 1.165) is 5.46 Å². The van der Waals surface area contributed by atoms with Crippen LogP contribution in [0.4, 0.5) is 0 Å². The molecule has 1 saturated heterocycles. The Balaban J connectivity index is 1.73. The monoisotopic (exact) mass is 456 g/mol. The topological polar surface area (TPSA) is 18.5 Å². The Morgan fingerprint density at radius 1 is 0.514 bits per heavy atom. The molecule has 0 spiro atoms. The van der Waals surface area contributed by atoms with Crippen molar-refractivity contribution < 1.29 is 9.31 Å². The van der Waals surface area contributed by atoms with E-state index in [0.29, 0.717) is 0 Å². The molecule has 1 aliphatic heterocycles. The van der Waals surface area contributed by atoms with Crippen LogP contribution in [0.2, 0.25) is 0 Å². The minimum atomic E-state index is -0.456. The maximum Gasteiger partial charge on any atom is 0.495 e. The molecule has 172 valence electrons. The third-order valence-corrected chi connectivity index (χ3v) is 7.73. The first kappa shape index (κ1) is 22.1. The quantitative estimate of drug-likeness (QED) is 0.260. The fraction of sp³-hybridized carbons (Fsp3) is 0.188. The molecule has 6 rings (SSSR count). The Kier molecular flexibility index (Phi) is 5.10. The van der Waals surface area contributed by atoms with Crippen molar-refractivity contribution in [2.24, 2.45) is 0 Å². The molecule has 0 N–H and O–H groups in total. The number of fused-ring (bicyclic) bond motifs is 2. The Morgan fingerprint density at radius 3 is 1.66 bits per heavy atom. The zero-order valence-corrected chi connectivity index (χ0v) is 20.7. The maximum absolute atomic E-state index is 6.60. The van der Waals surface area contributed by atoms with Crippen LogP contribution in [0.15, 0.2) is 103 Å². The van der Waals surface area contributed by atoms with E-state index in [9.17, 15) is 0 Å². The van der Waals surface area contributed by atoms with Crippen LogP contribution in [0.5, 0.6) is 0 Å². The lowest BCUT2D eigenvalue weighted by molar-refractivity contribution is 0.00578. The summed E-state index contributed by atoms with van der Waals surface area (Å²) in [4.78, 5) is 0. The van der Waals surface area contributed by atoms with E-state index < -0.39 is 18.3 Å². The van der Waals surface area contributed by atoms with Crippen LogP contribution >= 0.6 is 0 Å². The summed E-state index contributed by atoms with van der Waals surface area (Å²) in [6, 6.07) is 36.8. The predicted molar refractivity (Wildman–Crippen MR) is 148 cm³/mol. The highest BCUT2D eigenvalue weighted by Gasteiger charge is 2.52. The molecular formula is C32H29BO2. The van der Waals surface area contributed by atoms with E-state index in [1.54, 1.807) is 0 Å². The zero-order valence-electron chi connectivity index (χ0n) is 20.7. The Bertz CT molecular complexity index is 1540. The van der Waals surface area contributed by atoms with Crippen LogP contribution in [-0.2, 0) is 9.31 Å². The SMILES string of the molecule is CC1(C)OB(c2ccc3ccccc3c2-c2c(-c3ccccc3)ccc3ccccc23)OC1(C)C. The molecule has 0 unspecified atom stereocenters. The van der Waals surface area contributed by atoms with Gasteiger partial charge in [0.2, 0.25) is 0 Å². The first-order valence-electron chi connectivity index (χ1n) is 12.3. The van der Waals surface area contributed by atoms with E-state index in [2.05, 4.69) is 131 Å². The van der Waals surface area contributed by atoms with E-state index in [4.69, 9.17) is 9.31 Å². The minimum Gasteiger partial charge on any atom is -0.399 e. The summed E-state index contributed by atoms with van der Waals surface area (Å²) in [6.07, 6.45) is 0. The predicted octanol–water partition coefficient (Wildman–Crippen LogP) is 7.63. The van der Waals surface area contributed by atoms with Crippen molar-refractivity contribution in [1.29, 1.82) is 0 Å². The van der Waals surface area contributed by atoms with Gasteiger partial charge in [0.05, 0.1) is 11.2 Å². The fourth-order valence-electron chi connectivity index (χ4n) is 5.13. The van der Waals surface area contributed by atoms with Crippen LogP contribution in [0, 0.1) is 0 Å². The second kappa shape index (κ2) is 8.08. The van der Waals surface area contributed by atoms with E-state index in [1.165, 1.54) is 43.8 Å². The summed E-state index contributed by atoms with van der Waals surface area (Å²) in [5.41, 5.74) is 5.03. The maximum atomic E-state index is 6.60. The molecule has 35 heavy (non-hydrogen) atoms. The molecule has 2 nitrogen and oxygen atoms in total. The second-order valence-corrected chi connectivity index (χ2v) is 10.4. The highest BCUT2D eigenvalue weighted by molar-refractivity contribution is 6.64. The number of hydrogen-bond donors (Lipinski definition) is 0. The highest BCUT2D eigenvalue weighted by Crippen LogP contribution is 2.43. The van der Waals surface area contributed by atoms with Crippen molar-refractivity contribution in [3.05, 3.63) is 103 Å². The molecule has 1 heterocycles. The Morgan fingerprint density at radius 2 is 1.03 bits per heavy atom. The van der Waals surface area contributed by atoms with E-state index >= 15 is 0 Å². The van der Waals surface area contributed by atoms with Crippen molar-refractivity contribution in [2.45, 2.75) is 38.9 Å². The first-order chi connectivity index (χ1) is 16.9. The van der Waals surface area contributed by atoms with Gasteiger partial charge >= 0.3 is 7.12 Å². The summed E-state index contributed by atoms with van der Waals surface area (Å²) >= 11 is 0. The third-order valence-electron chi connectivity index (χ3n) is 7.73. The van der Waals surface area contributed by atoms with Crippen molar-refractivity contribution in [3.8, 4) is 22.3 Å². The smallest absolute Gasteiger partial charge is 0.399 e. The number of rotatable bonds is 3. The van der Waals surface area contributed by atoms with E-state index in [1.807, 2.05) is 0 Å². The molecular weight excluding hydrogens is 427 g/mol. The molecule has 3 heteroatoms. The Hall–Kier alpha value is -3.40. The molecule has 5 aromatic carbocycles. The van der Waals surface area contributed by atoms with Crippen LogP contribution in [0.25, 0.3) is 43.8 Å². The molecule has 5 aromatic rings. The van der Waals surface area contributed by atoms with Gasteiger partial charge in [-0.1, -0.05) is 103 Å². The van der Waals surface area contributed by atoms with Crippen molar-refractivity contribution >= 4 is 34.1 Å². The molecule has 0 aromatic heterocycles. The lowest BCUT2D eigenvalue weighted by Gasteiger charge is -2.32. The van der Waals surface area contributed by atoms with E-state index in [-0.39, 0.29) is 0 Å². The van der Waals surface area contributed by atoms with Gasteiger partial charge in [-0.15, -0.1) is 0 Å². The summed E-state index contributed by atoms with van der Waals surface area (Å²) in [7, 11) is -0.456. The highest BCUT2D eigenvalue weighted by atomic mass is 16.7. The van der Waals surface area contributed by atoms with Gasteiger partial charge in [-0.2, -0.15) is 0 Å². The normalized spacial score (nSPS) is 16.7. The molecule has 0 bridgehead atoms. The van der Waals surface area contributed by atoms with Crippen molar-refractivity contribution in [3.63, 3.8) is 0 Å². The number of hydrogen-bond acceptors (Lipinski definition) is 2. The van der Waals surface area contributed by atoms with Crippen LogP contribution in [0.1, 0.15) is 27.7 Å². The van der Waals surface area contributed by atoms with Gasteiger partial charge in [0, 0.05) is 0 Å². The molecule has 0 saturated carbocycles. The van der Waals surface area contributed by atoms with Crippen LogP contribution < -0.4 is 5.46 Å². The summed E-state index contributed by atoms with van der Waals surface area (Å²) in [5.74, 6) is 0. The molecule has 1 fully saturated rings. The van der Waals surface area contributed by atoms with Gasteiger partial charge < -0.3 is 9.31 Å². The molecule has 0 atom stereocenters. The van der Waals surface area contributed by atoms with Gasteiger partial charge in [-0.3, -0.25) is 0 Å². The van der Waals surface area contributed by atoms with Gasteiger partial charge in [-0.25, -0.2) is 0 Å². The van der Waals surface area contributed by atoms with Crippen LogP contribution in [-0.4, -0.2) is 18.3 Å². The van der Waals surface area contributed by atoms with Crippen LogP contribution in [0.3, 0.4) is 0 Å². The standard InChI is InChI=1S/C32H29BO2/c1-31(2)32(3,4)35-33(34-31)28-21-19-24-15-9-11-17-26(24)30(28)29-25-16-10-8-14-23(25)18-20-27(29)22-12-6-5-7-13-22/h5-21H,1-4H3. The van der Waals surface area contributed by atoms with Crippen molar-refractivity contribution in [2.75, 3.05) is 0 Å². The number of benzene rings is 5. The Labute approximate surface area is 207 Å². The average Bonchev–Trinajstić information content (AvgIpc) is 3.09. The van der Waals surface area contributed by atoms with Gasteiger partial charge in [0.25, 0.3) is 0 Å². The van der Waals surface area contributed by atoms with Crippen molar-refractivity contribution in [1.82, 2.24) is 0 Å². The zero-order chi connectivity index (χ0) is 24.2. The molecule has 0 radical (unpaired) electrons. The largest absolute Gasteiger partial charge is 0.495 e. The van der Waals surface area contributed by atoms with Gasteiger partial charge in [-0.05, 0) is 77.0 Å². The first-order valence-corrected chi connectivity index (χ1v) is 12.3. The summed E-state index contributed by atoms with van der Waals surface area (Å²) < 4.78 is 13.2. The summed E-state index contributed by atoms with van der Waals surface area (Å²) in [6.45, 7) is 8.45. The third kappa shape index (κ3) is 3.58.